The zero-order valence-electron chi connectivity index (χ0n) is 7.53. The maximum Gasteiger partial charge on any atom is 0.220 e. The molecule has 0 aromatic heterocycles. The smallest absolute Gasteiger partial charge is 0.220 e. The number of halogens is 1. The zero-order chi connectivity index (χ0) is 9.03. The predicted octanol–water partition coefficient (Wildman–Crippen LogP) is 2.22. The van der Waals surface area contributed by atoms with Crippen LogP contribution in [0.1, 0.15) is 39.0 Å². The van der Waals surface area contributed by atoms with Crippen molar-refractivity contribution < 1.29 is 4.79 Å². The lowest BCUT2D eigenvalue weighted by molar-refractivity contribution is -0.123. The molecule has 1 aliphatic carbocycles. The number of nitrogens with one attached hydrogen (secondary N) is 1. The average molecular weight is 234 g/mol. The first kappa shape index (κ1) is 10.0. The van der Waals surface area contributed by atoms with Crippen LogP contribution in [0.4, 0.5) is 0 Å². The molecule has 1 rings (SSSR count). The van der Waals surface area contributed by atoms with Crippen molar-refractivity contribution in [2.75, 3.05) is 5.33 Å². The van der Waals surface area contributed by atoms with E-state index in [1.54, 1.807) is 0 Å². The highest BCUT2D eigenvalue weighted by Crippen LogP contribution is 2.33. The number of amides is 1. The van der Waals surface area contributed by atoms with Gasteiger partial charge in [0.25, 0.3) is 0 Å². The maximum atomic E-state index is 11.3. The van der Waals surface area contributed by atoms with Crippen molar-refractivity contribution in [3.8, 4) is 0 Å². The minimum Gasteiger partial charge on any atom is -0.350 e. The topological polar surface area (TPSA) is 29.1 Å². The lowest BCUT2D eigenvalue weighted by atomic mass is 9.78. The molecule has 0 saturated heterocycles. The van der Waals surface area contributed by atoms with Gasteiger partial charge in [0.2, 0.25) is 5.91 Å². The molecular weight excluding hydrogens is 218 g/mol. The quantitative estimate of drug-likeness (QED) is 0.742. The summed E-state index contributed by atoms with van der Waals surface area (Å²) in [5.74, 6) is 0.205. The summed E-state index contributed by atoms with van der Waals surface area (Å²) in [7, 11) is 0. The number of carbonyl (C=O) groups is 1. The molecule has 3 heteroatoms. The van der Waals surface area contributed by atoms with Crippen molar-refractivity contribution in [2.45, 2.75) is 44.6 Å². The van der Waals surface area contributed by atoms with E-state index in [0.29, 0.717) is 6.42 Å². The molecule has 2 nitrogen and oxygen atoms in total. The first-order chi connectivity index (χ1) is 5.72. The Balaban J connectivity index is 2.32. The molecule has 0 aliphatic heterocycles. The van der Waals surface area contributed by atoms with Crippen LogP contribution in [0.15, 0.2) is 0 Å². The molecular formula is C9H16BrNO. The van der Waals surface area contributed by atoms with Gasteiger partial charge in [-0.1, -0.05) is 22.9 Å². The Morgan fingerprint density at radius 3 is 2.58 bits per heavy atom. The van der Waals surface area contributed by atoms with Crippen molar-refractivity contribution in [2.24, 2.45) is 0 Å². The van der Waals surface area contributed by atoms with Crippen molar-refractivity contribution in [3.05, 3.63) is 0 Å². The van der Waals surface area contributed by atoms with Crippen molar-refractivity contribution >= 4 is 21.8 Å². The van der Waals surface area contributed by atoms with Gasteiger partial charge in [-0.2, -0.15) is 0 Å². The Morgan fingerprint density at radius 1 is 1.58 bits per heavy atom. The summed E-state index contributed by atoms with van der Waals surface area (Å²) >= 11 is 3.45. The largest absolute Gasteiger partial charge is 0.350 e. The van der Waals surface area contributed by atoms with Crippen LogP contribution in [0, 0.1) is 0 Å². The molecule has 1 saturated carbocycles. The highest BCUT2D eigenvalue weighted by molar-refractivity contribution is 9.09. The first-order valence-electron chi connectivity index (χ1n) is 4.59. The van der Waals surface area contributed by atoms with E-state index < -0.39 is 0 Å². The van der Waals surface area contributed by atoms with Crippen LogP contribution in [-0.4, -0.2) is 16.8 Å². The van der Waals surface area contributed by atoms with E-state index >= 15 is 0 Å². The van der Waals surface area contributed by atoms with Gasteiger partial charge in [0.05, 0.1) is 0 Å². The molecule has 0 radical (unpaired) electrons. The molecule has 12 heavy (non-hydrogen) atoms. The minimum absolute atomic E-state index is 0.103. The van der Waals surface area contributed by atoms with Crippen LogP contribution < -0.4 is 5.32 Å². The van der Waals surface area contributed by atoms with E-state index in [9.17, 15) is 4.79 Å². The van der Waals surface area contributed by atoms with Gasteiger partial charge in [0, 0.05) is 17.3 Å². The Kier molecular flexibility index (Phi) is 3.56. The average Bonchev–Trinajstić information content (AvgIpc) is 1.97. The van der Waals surface area contributed by atoms with Crippen LogP contribution >= 0.6 is 15.9 Å². The molecule has 1 amide bonds. The molecule has 0 spiro atoms. The predicted molar refractivity (Wildman–Crippen MR) is 53.4 cm³/mol. The van der Waals surface area contributed by atoms with E-state index in [-0.39, 0.29) is 11.4 Å². The Morgan fingerprint density at radius 2 is 2.25 bits per heavy atom. The maximum absolute atomic E-state index is 11.3. The molecule has 70 valence electrons. The molecule has 0 bridgehead atoms. The fraction of sp³-hybridized carbons (Fsp3) is 0.889. The third kappa shape index (κ3) is 2.22. The van der Waals surface area contributed by atoms with Crippen LogP contribution in [0.3, 0.4) is 0 Å². The van der Waals surface area contributed by atoms with Crippen LogP contribution in [0.25, 0.3) is 0 Å². The van der Waals surface area contributed by atoms with E-state index in [1.807, 2.05) is 6.92 Å². The summed E-state index contributed by atoms with van der Waals surface area (Å²) < 4.78 is 0. The summed E-state index contributed by atoms with van der Waals surface area (Å²) in [6, 6.07) is 0. The molecule has 0 atom stereocenters. The van der Waals surface area contributed by atoms with Gasteiger partial charge >= 0.3 is 0 Å². The highest BCUT2D eigenvalue weighted by Gasteiger charge is 2.36. The van der Waals surface area contributed by atoms with Gasteiger partial charge in [-0.25, -0.2) is 0 Å². The lowest BCUT2D eigenvalue weighted by Crippen LogP contribution is -2.54. The molecule has 0 aromatic carbocycles. The second-order valence-corrected chi connectivity index (χ2v) is 4.13. The fourth-order valence-corrected chi connectivity index (χ4v) is 2.18. The van der Waals surface area contributed by atoms with Gasteiger partial charge in [0.15, 0.2) is 0 Å². The van der Waals surface area contributed by atoms with Crippen LogP contribution in [0.2, 0.25) is 0 Å². The molecule has 0 heterocycles. The fourth-order valence-electron chi connectivity index (χ4n) is 1.48. The second-order valence-electron chi connectivity index (χ2n) is 3.57. The lowest BCUT2D eigenvalue weighted by Gasteiger charge is -2.41. The Labute approximate surface area is 82.2 Å². The summed E-state index contributed by atoms with van der Waals surface area (Å²) in [5, 5.41) is 3.99. The summed E-state index contributed by atoms with van der Waals surface area (Å²) in [5.41, 5.74) is 0.103. The molecule has 1 fully saturated rings. The number of carbonyl (C=O) groups excluding carboxylic acids is 1. The standard InChI is InChI=1S/C9H16BrNO/c1-2-4-8(12)11-9(7-10)5-3-6-9/h2-7H2,1H3,(H,11,12). The van der Waals surface area contributed by atoms with Crippen LogP contribution in [-0.2, 0) is 4.79 Å². The highest BCUT2D eigenvalue weighted by atomic mass is 79.9. The number of rotatable bonds is 4. The second kappa shape index (κ2) is 4.26. The molecule has 1 N–H and O–H groups in total. The van der Waals surface area contributed by atoms with E-state index in [4.69, 9.17) is 0 Å². The molecule has 0 aromatic rings. The summed E-state index contributed by atoms with van der Waals surface area (Å²) in [4.78, 5) is 11.3. The van der Waals surface area contributed by atoms with Crippen LogP contribution in [0.5, 0.6) is 0 Å². The number of hydrogen-bond acceptors (Lipinski definition) is 1. The third-order valence-electron chi connectivity index (χ3n) is 2.45. The summed E-state index contributed by atoms with van der Waals surface area (Å²) in [6.45, 7) is 2.03. The summed E-state index contributed by atoms with van der Waals surface area (Å²) in [6.07, 6.45) is 5.11. The van der Waals surface area contributed by atoms with Crippen molar-refractivity contribution in [1.82, 2.24) is 5.32 Å². The molecule has 1 aliphatic rings. The van der Waals surface area contributed by atoms with Crippen molar-refractivity contribution in [3.63, 3.8) is 0 Å². The number of hydrogen-bond donors (Lipinski definition) is 1. The minimum atomic E-state index is 0.103. The van der Waals surface area contributed by atoms with E-state index in [0.717, 1.165) is 24.6 Å². The Bertz CT molecular complexity index is 160. The number of alkyl halides is 1. The monoisotopic (exact) mass is 233 g/mol. The van der Waals surface area contributed by atoms with Gasteiger partial charge in [0.1, 0.15) is 0 Å². The Hall–Kier alpha value is -0.0500. The van der Waals surface area contributed by atoms with Gasteiger partial charge in [-0.3, -0.25) is 4.79 Å². The van der Waals surface area contributed by atoms with Gasteiger partial charge in [-0.05, 0) is 25.7 Å². The zero-order valence-corrected chi connectivity index (χ0v) is 9.11. The SMILES string of the molecule is CCCC(=O)NC1(CBr)CCC1. The normalized spacial score (nSPS) is 19.8. The van der Waals surface area contributed by atoms with E-state index in [2.05, 4.69) is 21.2 Å². The van der Waals surface area contributed by atoms with Crippen molar-refractivity contribution in [1.29, 1.82) is 0 Å². The third-order valence-corrected chi connectivity index (χ3v) is 3.52. The van der Waals surface area contributed by atoms with Gasteiger partial charge < -0.3 is 5.32 Å². The van der Waals surface area contributed by atoms with E-state index in [1.165, 1.54) is 6.42 Å². The molecule has 0 unspecified atom stereocenters. The van der Waals surface area contributed by atoms with Gasteiger partial charge in [-0.15, -0.1) is 0 Å². The first-order valence-corrected chi connectivity index (χ1v) is 5.71.